The van der Waals surface area contributed by atoms with E-state index in [0.717, 1.165) is 22.6 Å². The molecule has 1 aromatic carbocycles. The van der Waals surface area contributed by atoms with Crippen molar-refractivity contribution in [1.82, 2.24) is 4.98 Å². The molecule has 0 saturated carbocycles. The molecule has 0 spiro atoms. The van der Waals surface area contributed by atoms with Crippen LogP contribution in [0.3, 0.4) is 0 Å². The van der Waals surface area contributed by atoms with Crippen LogP contribution in [-0.2, 0) is 0 Å². The first-order valence-electron chi connectivity index (χ1n) is 5.50. The Morgan fingerprint density at radius 3 is 2.28 bits per heavy atom. The summed E-state index contributed by atoms with van der Waals surface area (Å²) in [6, 6.07) is 7.52. The van der Waals surface area contributed by atoms with Gasteiger partial charge >= 0.3 is 0 Å². The van der Waals surface area contributed by atoms with Gasteiger partial charge in [-0.2, -0.15) is 0 Å². The van der Waals surface area contributed by atoms with Gasteiger partial charge in [0.05, 0.1) is 27.5 Å². The molecule has 0 saturated heterocycles. The summed E-state index contributed by atoms with van der Waals surface area (Å²) in [5, 5.41) is 0. The minimum absolute atomic E-state index is 0.698. The third kappa shape index (κ3) is 2.22. The number of hydrogen-bond acceptors (Lipinski definition) is 4. The number of nitrogens with zero attached hydrogens (tertiary/aromatic N) is 1. The largest absolute Gasteiger partial charge is 0.497 e. The summed E-state index contributed by atoms with van der Waals surface area (Å²) in [6.45, 7) is 0. The smallest absolute Gasteiger partial charge is 0.145 e. The molecule has 1 aromatic heterocycles. The second-order valence-corrected chi connectivity index (χ2v) is 3.64. The summed E-state index contributed by atoms with van der Waals surface area (Å²) in [6.07, 6.45) is 3.39. The molecule has 0 bridgehead atoms. The zero-order valence-electron chi connectivity index (χ0n) is 10.6. The third-order valence-corrected chi connectivity index (χ3v) is 2.70. The molecule has 0 radical (unpaired) electrons. The molecule has 4 nitrogen and oxygen atoms in total. The van der Waals surface area contributed by atoms with Crippen molar-refractivity contribution >= 4 is 0 Å². The lowest BCUT2D eigenvalue weighted by atomic mass is 10.0. The minimum Gasteiger partial charge on any atom is -0.497 e. The maximum absolute atomic E-state index is 5.37. The first-order valence-corrected chi connectivity index (χ1v) is 5.50. The van der Waals surface area contributed by atoms with Crippen LogP contribution in [0.2, 0.25) is 0 Å². The van der Waals surface area contributed by atoms with E-state index in [1.54, 1.807) is 33.7 Å². The van der Waals surface area contributed by atoms with Crippen LogP contribution in [0.5, 0.6) is 17.2 Å². The van der Waals surface area contributed by atoms with Crippen LogP contribution in [-0.4, -0.2) is 26.3 Å². The van der Waals surface area contributed by atoms with Crippen molar-refractivity contribution in [3.8, 4) is 28.4 Å². The molecule has 0 aliphatic rings. The average Bonchev–Trinajstić information content (AvgIpc) is 2.46. The van der Waals surface area contributed by atoms with Crippen molar-refractivity contribution in [2.24, 2.45) is 0 Å². The lowest BCUT2D eigenvalue weighted by Crippen LogP contribution is -1.93. The van der Waals surface area contributed by atoms with Crippen LogP contribution in [0.1, 0.15) is 0 Å². The van der Waals surface area contributed by atoms with Gasteiger partial charge in [0.2, 0.25) is 0 Å². The molecule has 0 atom stereocenters. The van der Waals surface area contributed by atoms with Crippen molar-refractivity contribution < 1.29 is 14.2 Å². The summed E-state index contributed by atoms with van der Waals surface area (Å²) in [5.74, 6) is 2.23. The molecule has 2 rings (SSSR count). The van der Waals surface area contributed by atoms with E-state index in [1.807, 2.05) is 24.3 Å². The van der Waals surface area contributed by atoms with Gasteiger partial charge in [0.1, 0.15) is 17.2 Å². The van der Waals surface area contributed by atoms with Crippen LogP contribution in [0, 0.1) is 0 Å². The van der Waals surface area contributed by atoms with Crippen molar-refractivity contribution in [2.45, 2.75) is 0 Å². The molecule has 0 fully saturated rings. The molecule has 0 aliphatic carbocycles. The molecule has 0 aliphatic heterocycles. The van der Waals surface area contributed by atoms with Gasteiger partial charge in [-0.15, -0.1) is 0 Å². The first kappa shape index (κ1) is 12.2. The summed E-state index contributed by atoms with van der Waals surface area (Å²) < 4.78 is 15.9. The fourth-order valence-electron chi connectivity index (χ4n) is 1.79. The summed E-state index contributed by atoms with van der Waals surface area (Å²) in [7, 11) is 4.89. The van der Waals surface area contributed by atoms with Gasteiger partial charge in [-0.05, 0) is 24.3 Å². The number of hydrogen-bond donors (Lipinski definition) is 0. The minimum atomic E-state index is 0.698. The molecule has 0 amide bonds. The number of methoxy groups -OCH3 is 3. The molecule has 0 N–H and O–H groups in total. The highest BCUT2D eigenvalue weighted by molar-refractivity contribution is 5.76. The Bertz CT molecular complexity index is 540. The fourth-order valence-corrected chi connectivity index (χ4v) is 1.79. The van der Waals surface area contributed by atoms with Gasteiger partial charge in [-0.3, -0.25) is 4.98 Å². The number of pyridine rings is 1. The Morgan fingerprint density at radius 1 is 0.833 bits per heavy atom. The SMILES string of the molecule is COc1ccc(OC)c(-c2ccncc2OC)c1. The Hall–Kier alpha value is -2.23. The Balaban J connectivity index is 2.60. The monoisotopic (exact) mass is 245 g/mol. The van der Waals surface area contributed by atoms with E-state index in [1.165, 1.54) is 0 Å². The zero-order valence-corrected chi connectivity index (χ0v) is 10.6. The Labute approximate surface area is 106 Å². The number of rotatable bonds is 4. The van der Waals surface area contributed by atoms with Crippen molar-refractivity contribution in [3.63, 3.8) is 0 Å². The maximum Gasteiger partial charge on any atom is 0.145 e. The van der Waals surface area contributed by atoms with E-state index in [-0.39, 0.29) is 0 Å². The molecule has 18 heavy (non-hydrogen) atoms. The van der Waals surface area contributed by atoms with E-state index < -0.39 is 0 Å². The highest BCUT2D eigenvalue weighted by atomic mass is 16.5. The van der Waals surface area contributed by atoms with E-state index in [4.69, 9.17) is 14.2 Å². The summed E-state index contributed by atoms with van der Waals surface area (Å²) in [5.41, 5.74) is 1.83. The van der Waals surface area contributed by atoms with Gasteiger partial charge < -0.3 is 14.2 Å². The molecular weight excluding hydrogens is 230 g/mol. The Morgan fingerprint density at radius 2 is 1.61 bits per heavy atom. The molecule has 94 valence electrons. The van der Waals surface area contributed by atoms with Crippen molar-refractivity contribution in [1.29, 1.82) is 0 Å². The van der Waals surface area contributed by atoms with Crippen molar-refractivity contribution in [2.75, 3.05) is 21.3 Å². The lowest BCUT2D eigenvalue weighted by molar-refractivity contribution is 0.402. The van der Waals surface area contributed by atoms with Crippen LogP contribution in [0.4, 0.5) is 0 Å². The Kier molecular flexibility index (Phi) is 3.67. The quantitative estimate of drug-likeness (QED) is 0.830. The average molecular weight is 245 g/mol. The first-order chi connectivity index (χ1) is 8.80. The molecule has 4 heteroatoms. The predicted molar refractivity (Wildman–Crippen MR) is 69.3 cm³/mol. The van der Waals surface area contributed by atoms with Crippen molar-refractivity contribution in [3.05, 3.63) is 36.7 Å². The molecular formula is C14H15NO3. The van der Waals surface area contributed by atoms with E-state index in [0.29, 0.717) is 5.75 Å². The second-order valence-electron chi connectivity index (χ2n) is 3.64. The third-order valence-electron chi connectivity index (χ3n) is 2.70. The highest BCUT2D eigenvalue weighted by Gasteiger charge is 2.12. The summed E-state index contributed by atoms with van der Waals surface area (Å²) in [4.78, 5) is 4.04. The van der Waals surface area contributed by atoms with Gasteiger partial charge in [-0.25, -0.2) is 0 Å². The van der Waals surface area contributed by atoms with Crippen LogP contribution in [0.25, 0.3) is 11.1 Å². The highest BCUT2D eigenvalue weighted by Crippen LogP contribution is 2.37. The fraction of sp³-hybridized carbons (Fsp3) is 0.214. The topological polar surface area (TPSA) is 40.6 Å². The molecule has 2 aromatic rings. The molecule has 1 heterocycles. The number of aromatic nitrogens is 1. The number of ether oxygens (including phenoxy) is 3. The lowest BCUT2D eigenvalue weighted by Gasteiger charge is -2.13. The standard InChI is InChI=1S/C14H15NO3/c1-16-10-4-5-13(17-2)12(8-10)11-6-7-15-9-14(11)18-3/h4-9H,1-3H3. The predicted octanol–water partition coefficient (Wildman–Crippen LogP) is 2.77. The zero-order chi connectivity index (χ0) is 13.0. The van der Waals surface area contributed by atoms with E-state index in [2.05, 4.69) is 4.98 Å². The second kappa shape index (κ2) is 5.40. The normalized spacial score (nSPS) is 9.94. The number of benzene rings is 1. The van der Waals surface area contributed by atoms with Crippen LogP contribution >= 0.6 is 0 Å². The van der Waals surface area contributed by atoms with Gasteiger partial charge in [-0.1, -0.05) is 0 Å². The van der Waals surface area contributed by atoms with Gasteiger partial charge in [0, 0.05) is 17.3 Å². The molecule has 0 unspecified atom stereocenters. The van der Waals surface area contributed by atoms with Crippen LogP contribution in [0.15, 0.2) is 36.7 Å². The van der Waals surface area contributed by atoms with Crippen LogP contribution < -0.4 is 14.2 Å². The van der Waals surface area contributed by atoms with Gasteiger partial charge in [0.25, 0.3) is 0 Å². The van der Waals surface area contributed by atoms with E-state index >= 15 is 0 Å². The summed E-state index contributed by atoms with van der Waals surface area (Å²) >= 11 is 0. The van der Waals surface area contributed by atoms with E-state index in [9.17, 15) is 0 Å². The maximum atomic E-state index is 5.37. The van der Waals surface area contributed by atoms with Gasteiger partial charge in [0.15, 0.2) is 0 Å².